The summed E-state index contributed by atoms with van der Waals surface area (Å²) >= 11 is 0. The Kier molecular flexibility index (Phi) is 2.88. The smallest absolute Gasteiger partial charge is 0.215 e. The van der Waals surface area contributed by atoms with E-state index in [1.165, 1.54) is 0 Å². The summed E-state index contributed by atoms with van der Waals surface area (Å²) in [6.45, 7) is 2.12. The lowest BCUT2D eigenvalue weighted by molar-refractivity contribution is 0.315. The molecule has 1 N–H and O–H groups in total. The van der Waals surface area contributed by atoms with Crippen molar-refractivity contribution < 1.29 is 13.0 Å². The molecule has 0 saturated heterocycles. The second kappa shape index (κ2) is 4.18. The highest BCUT2D eigenvalue weighted by molar-refractivity contribution is 7.88. The van der Waals surface area contributed by atoms with Crippen LogP contribution in [0.25, 0.3) is 11.0 Å². The number of fused-ring (bicyclic) bond motifs is 1. The van der Waals surface area contributed by atoms with Crippen molar-refractivity contribution in [2.24, 2.45) is 0 Å². The van der Waals surface area contributed by atoms with Crippen molar-refractivity contribution >= 4 is 21.1 Å². The van der Waals surface area contributed by atoms with Gasteiger partial charge in [0.2, 0.25) is 10.0 Å². The van der Waals surface area contributed by atoms with Gasteiger partial charge < -0.3 is 0 Å². The lowest BCUT2D eigenvalue weighted by Crippen LogP contribution is -2.24. The van der Waals surface area contributed by atoms with Gasteiger partial charge in [0.15, 0.2) is 0 Å². The zero-order chi connectivity index (χ0) is 11.6. The van der Waals surface area contributed by atoms with E-state index in [0.29, 0.717) is 23.1 Å². The Morgan fingerprint density at radius 2 is 2.06 bits per heavy atom. The van der Waals surface area contributed by atoms with E-state index in [2.05, 4.69) is 19.7 Å². The first-order valence-electron chi connectivity index (χ1n) is 4.79. The molecule has 0 fully saturated rings. The van der Waals surface area contributed by atoms with E-state index < -0.39 is 10.0 Å². The Balaban J connectivity index is 2.27. The molecule has 0 spiro atoms. The number of hydrogen-bond donors (Lipinski definition) is 1. The summed E-state index contributed by atoms with van der Waals surface area (Å²) in [5.41, 5.74) is 1.83. The predicted octanol–water partition coefficient (Wildman–Crippen LogP) is 0.662. The van der Waals surface area contributed by atoms with Crippen molar-refractivity contribution in [3.05, 3.63) is 23.8 Å². The van der Waals surface area contributed by atoms with Crippen LogP contribution in [0.5, 0.6) is 0 Å². The fraction of sp³-hybridized carbons (Fsp3) is 0.333. The second-order valence-electron chi connectivity index (χ2n) is 3.34. The molecule has 1 aromatic heterocycles. The third kappa shape index (κ3) is 2.37. The first-order chi connectivity index (χ1) is 7.61. The molecule has 0 aliphatic carbocycles. The first kappa shape index (κ1) is 11.0. The van der Waals surface area contributed by atoms with Crippen LogP contribution in [-0.2, 0) is 15.8 Å². The number of rotatable bonds is 4. The number of benzene rings is 1. The lowest BCUT2D eigenvalue weighted by atomic mass is 10.2. The molecule has 2 rings (SSSR count). The Morgan fingerprint density at radius 3 is 2.81 bits per heavy atom. The maximum absolute atomic E-state index is 11.5. The van der Waals surface area contributed by atoms with E-state index in [1.54, 1.807) is 25.1 Å². The van der Waals surface area contributed by atoms with Crippen LogP contribution >= 0.6 is 0 Å². The van der Waals surface area contributed by atoms with Crippen LogP contribution in [-0.4, -0.2) is 25.3 Å². The number of nitrogens with one attached hydrogen (secondary N) is 1. The van der Waals surface area contributed by atoms with Crippen molar-refractivity contribution in [1.29, 1.82) is 0 Å². The summed E-state index contributed by atoms with van der Waals surface area (Å²) in [4.78, 5) is 0. The van der Waals surface area contributed by atoms with Gasteiger partial charge in [0.1, 0.15) is 11.0 Å². The SMILES string of the molecule is CCNS(=O)(=O)Cc1ccc2nonc2c1. The zero-order valence-corrected chi connectivity index (χ0v) is 9.49. The van der Waals surface area contributed by atoms with E-state index in [9.17, 15) is 8.42 Å². The molecule has 1 aromatic carbocycles. The molecule has 86 valence electrons. The largest absolute Gasteiger partial charge is 0.243 e. The van der Waals surface area contributed by atoms with Gasteiger partial charge in [-0.25, -0.2) is 17.8 Å². The number of hydrogen-bond acceptors (Lipinski definition) is 5. The summed E-state index contributed by atoms with van der Waals surface area (Å²) in [7, 11) is -3.27. The average molecular weight is 241 g/mol. The van der Waals surface area contributed by atoms with Crippen LogP contribution in [0, 0.1) is 0 Å². The van der Waals surface area contributed by atoms with Gasteiger partial charge in [-0.15, -0.1) is 0 Å². The molecule has 2 aromatic rings. The molecule has 0 bridgehead atoms. The second-order valence-corrected chi connectivity index (χ2v) is 5.15. The van der Waals surface area contributed by atoms with Gasteiger partial charge in [0.05, 0.1) is 5.75 Å². The fourth-order valence-corrected chi connectivity index (χ4v) is 2.57. The first-order valence-corrected chi connectivity index (χ1v) is 6.44. The molecule has 7 heteroatoms. The summed E-state index contributed by atoms with van der Waals surface area (Å²) < 4.78 is 30.0. The van der Waals surface area contributed by atoms with Crippen LogP contribution < -0.4 is 4.72 Å². The van der Waals surface area contributed by atoms with Gasteiger partial charge in [-0.3, -0.25) is 0 Å². The van der Waals surface area contributed by atoms with E-state index >= 15 is 0 Å². The van der Waals surface area contributed by atoms with Crippen molar-refractivity contribution in [2.45, 2.75) is 12.7 Å². The normalized spacial score (nSPS) is 12.1. The van der Waals surface area contributed by atoms with Gasteiger partial charge in [0, 0.05) is 6.54 Å². The summed E-state index contributed by atoms with van der Waals surface area (Å²) in [6, 6.07) is 5.03. The Morgan fingerprint density at radius 1 is 1.31 bits per heavy atom. The average Bonchev–Trinajstić information content (AvgIpc) is 2.63. The van der Waals surface area contributed by atoms with Crippen molar-refractivity contribution in [1.82, 2.24) is 15.0 Å². The minimum Gasteiger partial charge on any atom is -0.243 e. The molecule has 0 unspecified atom stereocenters. The predicted molar refractivity (Wildman–Crippen MR) is 58.1 cm³/mol. The highest BCUT2D eigenvalue weighted by Crippen LogP contribution is 2.13. The van der Waals surface area contributed by atoms with E-state index in [-0.39, 0.29) is 5.75 Å². The Hall–Kier alpha value is -1.47. The van der Waals surface area contributed by atoms with Gasteiger partial charge in [0.25, 0.3) is 0 Å². The van der Waals surface area contributed by atoms with Crippen molar-refractivity contribution in [2.75, 3.05) is 6.54 Å². The van der Waals surface area contributed by atoms with Crippen LogP contribution in [0.3, 0.4) is 0 Å². The van der Waals surface area contributed by atoms with Crippen molar-refractivity contribution in [3.8, 4) is 0 Å². The standard InChI is InChI=1S/C9H11N3O3S/c1-2-10-16(13,14)6-7-3-4-8-9(5-7)12-15-11-8/h3-5,10H,2,6H2,1H3. The van der Waals surface area contributed by atoms with Crippen LogP contribution in [0.4, 0.5) is 0 Å². The summed E-state index contributed by atoms with van der Waals surface area (Å²) in [5.74, 6) is -0.0658. The molecular formula is C9H11N3O3S. The van der Waals surface area contributed by atoms with E-state index in [4.69, 9.17) is 0 Å². The third-order valence-electron chi connectivity index (χ3n) is 2.04. The molecule has 0 radical (unpaired) electrons. The fourth-order valence-electron chi connectivity index (χ4n) is 1.41. The minimum absolute atomic E-state index is 0.0658. The van der Waals surface area contributed by atoms with E-state index in [1.807, 2.05) is 0 Å². The summed E-state index contributed by atoms with van der Waals surface area (Å²) in [6.07, 6.45) is 0. The molecule has 0 amide bonds. The van der Waals surface area contributed by atoms with Crippen LogP contribution in [0.15, 0.2) is 22.8 Å². The van der Waals surface area contributed by atoms with E-state index in [0.717, 1.165) is 0 Å². The van der Waals surface area contributed by atoms with Gasteiger partial charge in [-0.1, -0.05) is 13.0 Å². The number of aromatic nitrogens is 2. The zero-order valence-electron chi connectivity index (χ0n) is 8.67. The van der Waals surface area contributed by atoms with Crippen molar-refractivity contribution in [3.63, 3.8) is 0 Å². The molecule has 16 heavy (non-hydrogen) atoms. The Labute approximate surface area is 92.7 Å². The summed E-state index contributed by atoms with van der Waals surface area (Å²) in [5, 5.41) is 7.30. The highest BCUT2D eigenvalue weighted by Gasteiger charge is 2.11. The third-order valence-corrected chi connectivity index (χ3v) is 3.48. The molecule has 1 heterocycles. The maximum Gasteiger partial charge on any atom is 0.215 e. The van der Waals surface area contributed by atoms with Crippen LogP contribution in [0.1, 0.15) is 12.5 Å². The molecule has 0 aliphatic heterocycles. The number of nitrogens with zero attached hydrogens (tertiary/aromatic N) is 2. The van der Waals surface area contributed by atoms with Crippen LogP contribution in [0.2, 0.25) is 0 Å². The quantitative estimate of drug-likeness (QED) is 0.850. The molecule has 0 aliphatic rings. The minimum atomic E-state index is -3.27. The van der Waals surface area contributed by atoms with Gasteiger partial charge >= 0.3 is 0 Å². The monoisotopic (exact) mass is 241 g/mol. The molecule has 6 nitrogen and oxygen atoms in total. The van der Waals surface area contributed by atoms with Gasteiger partial charge in [-0.2, -0.15) is 0 Å². The molecule has 0 atom stereocenters. The number of sulfonamides is 1. The molecular weight excluding hydrogens is 230 g/mol. The Bertz CT molecular complexity index is 591. The van der Waals surface area contributed by atoms with Gasteiger partial charge in [-0.05, 0) is 28.0 Å². The maximum atomic E-state index is 11.5. The highest BCUT2D eigenvalue weighted by atomic mass is 32.2. The lowest BCUT2D eigenvalue weighted by Gasteiger charge is -2.03. The molecule has 0 saturated carbocycles. The topological polar surface area (TPSA) is 85.1 Å².